The molecule has 0 aliphatic carbocycles. The molecule has 0 saturated heterocycles. The van der Waals surface area contributed by atoms with Gasteiger partial charge >= 0.3 is 5.97 Å². The number of carboxylic acids is 1. The third-order valence-electron chi connectivity index (χ3n) is 2.13. The predicted molar refractivity (Wildman–Crippen MR) is 53.6 cm³/mol. The van der Waals surface area contributed by atoms with Crippen LogP contribution in [-0.4, -0.2) is 34.9 Å². The first-order chi connectivity index (χ1) is 6.52. The summed E-state index contributed by atoms with van der Waals surface area (Å²) in [5, 5.41) is 15.5. The van der Waals surface area contributed by atoms with Crippen LogP contribution in [0.4, 0.5) is 5.69 Å². The van der Waals surface area contributed by atoms with E-state index in [-0.39, 0.29) is 6.42 Å². The van der Waals surface area contributed by atoms with Crippen LogP contribution >= 0.6 is 0 Å². The van der Waals surface area contributed by atoms with E-state index in [2.05, 4.69) is 10.2 Å². The Morgan fingerprint density at radius 3 is 2.64 bits per heavy atom. The Bertz CT molecular complexity index is 313. The van der Waals surface area contributed by atoms with Crippen LogP contribution in [0.2, 0.25) is 0 Å². The minimum atomic E-state index is -0.782. The van der Waals surface area contributed by atoms with Gasteiger partial charge in [0.05, 0.1) is 23.5 Å². The number of aliphatic carboxylic acids is 1. The lowest BCUT2D eigenvalue weighted by molar-refractivity contribution is -0.136. The highest BCUT2D eigenvalue weighted by atomic mass is 16.4. The lowest BCUT2D eigenvalue weighted by atomic mass is 10.2. The molecule has 1 aromatic heterocycles. The fourth-order valence-corrected chi connectivity index (χ4v) is 1.48. The van der Waals surface area contributed by atoms with E-state index in [1.54, 1.807) is 0 Å². The number of hydrogen-bond donors (Lipinski definition) is 2. The Morgan fingerprint density at radius 2 is 2.21 bits per heavy atom. The Morgan fingerprint density at radius 1 is 1.57 bits per heavy atom. The normalized spacial score (nSPS) is 10.2. The van der Waals surface area contributed by atoms with Gasteiger partial charge in [-0.3, -0.25) is 9.89 Å². The van der Waals surface area contributed by atoms with Crippen LogP contribution in [0.1, 0.15) is 17.8 Å². The zero-order chi connectivity index (χ0) is 10.7. The maximum absolute atomic E-state index is 10.4. The first-order valence-corrected chi connectivity index (χ1v) is 4.47. The van der Waals surface area contributed by atoms with Crippen molar-refractivity contribution < 1.29 is 9.90 Å². The van der Waals surface area contributed by atoms with Crippen molar-refractivity contribution in [2.75, 3.05) is 18.5 Å². The molecule has 0 aliphatic heterocycles. The maximum Gasteiger partial charge on any atom is 0.305 e. The van der Waals surface area contributed by atoms with Crippen LogP contribution in [0.3, 0.4) is 0 Å². The second-order valence-electron chi connectivity index (χ2n) is 3.35. The van der Waals surface area contributed by atoms with E-state index < -0.39 is 5.97 Å². The van der Waals surface area contributed by atoms with E-state index in [0.29, 0.717) is 6.54 Å². The predicted octanol–water partition coefficient (Wildman–Crippen LogP) is 0.937. The minimum Gasteiger partial charge on any atom is -0.481 e. The number of hydrogen-bond acceptors (Lipinski definition) is 3. The highest BCUT2D eigenvalue weighted by Crippen LogP contribution is 2.20. The summed E-state index contributed by atoms with van der Waals surface area (Å²) >= 11 is 0. The van der Waals surface area contributed by atoms with E-state index in [1.165, 1.54) is 0 Å². The highest BCUT2D eigenvalue weighted by molar-refractivity contribution is 5.68. The first kappa shape index (κ1) is 10.6. The Kier molecular flexibility index (Phi) is 3.11. The molecule has 0 saturated carbocycles. The molecular formula is C9H15N3O2. The SMILES string of the molecule is Cc1n[nH]c(C)c1N(C)CCC(=O)O. The number of rotatable bonds is 4. The molecular weight excluding hydrogens is 182 g/mol. The lowest BCUT2D eigenvalue weighted by Crippen LogP contribution is -2.21. The average molecular weight is 197 g/mol. The van der Waals surface area contributed by atoms with Crippen molar-refractivity contribution in [3.63, 3.8) is 0 Å². The molecule has 5 heteroatoms. The van der Waals surface area contributed by atoms with Crippen molar-refractivity contribution in [1.29, 1.82) is 0 Å². The van der Waals surface area contributed by atoms with Crippen LogP contribution < -0.4 is 4.90 Å². The standard InChI is InChI=1S/C9H15N3O2/c1-6-9(7(2)11-10-6)12(3)5-4-8(13)14/h4-5H2,1-3H3,(H,10,11)(H,13,14). The third kappa shape index (κ3) is 2.25. The molecule has 1 heterocycles. The van der Waals surface area contributed by atoms with E-state index in [0.717, 1.165) is 17.1 Å². The van der Waals surface area contributed by atoms with Gasteiger partial charge in [0.25, 0.3) is 0 Å². The van der Waals surface area contributed by atoms with Crippen LogP contribution in [0, 0.1) is 13.8 Å². The fourth-order valence-electron chi connectivity index (χ4n) is 1.48. The van der Waals surface area contributed by atoms with E-state index in [1.807, 2.05) is 25.8 Å². The van der Waals surface area contributed by atoms with Crippen molar-refractivity contribution in [1.82, 2.24) is 10.2 Å². The van der Waals surface area contributed by atoms with Gasteiger partial charge in [-0.25, -0.2) is 0 Å². The molecule has 0 aliphatic rings. The van der Waals surface area contributed by atoms with Gasteiger partial charge in [-0.2, -0.15) is 5.10 Å². The summed E-state index contributed by atoms with van der Waals surface area (Å²) in [4.78, 5) is 12.3. The van der Waals surface area contributed by atoms with Crippen molar-refractivity contribution in [3.8, 4) is 0 Å². The van der Waals surface area contributed by atoms with Gasteiger partial charge in [0.2, 0.25) is 0 Å². The first-order valence-electron chi connectivity index (χ1n) is 4.47. The van der Waals surface area contributed by atoms with Crippen molar-refractivity contribution >= 4 is 11.7 Å². The summed E-state index contributed by atoms with van der Waals surface area (Å²) < 4.78 is 0. The van der Waals surface area contributed by atoms with Gasteiger partial charge in [-0.1, -0.05) is 0 Å². The molecule has 0 unspecified atom stereocenters. The van der Waals surface area contributed by atoms with Crippen molar-refractivity contribution in [2.45, 2.75) is 20.3 Å². The molecule has 1 aromatic rings. The number of anilines is 1. The Labute approximate surface area is 82.7 Å². The summed E-state index contributed by atoms with van der Waals surface area (Å²) in [5.74, 6) is -0.782. The van der Waals surface area contributed by atoms with Crippen molar-refractivity contribution in [2.24, 2.45) is 0 Å². The Balaban J connectivity index is 2.69. The molecule has 0 spiro atoms. The van der Waals surface area contributed by atoms with Crippen LogP contribution in [0.15, 0.2) is 0 Å². The zero-order valence-corrected chi connectivity index (χ0v) is 8.66. The lowest BCUT2D eigenvalue weighted by Gasteiger charge is -2.18. The molecule has 0 radical (unpaired) electrons. The van der Waals surface area contributed by atoms with Gasteiger partial charge < -0.3 is 10.0 Å². The number of aromatic amines is 1. The summed E-state index contributed by atoms with van der Waals surface area (Å²) in [6.45, 7) is 4.32. The number of carbonyl (C=O) groups is 1. The summed E-state index contributed by atoms with van der Waals surface area (Å²) in [5.41, 5.74) is 2.86. The minimum absolute atomic E-state index is 0.139. The fraction of sp³-hybridized carbons (Fsp3) is 0.556. The highest BCUT2D eigenvalue weighted by Gasteiger charge is 2.11. The number of H-pyrrole nitrogens is 1. The topological polar surface area (TPSA) is 69.2 Å². The van der Waals surface area contributed by atoms with E-state index >= 15 is 0 Å². The van der Waals surface area contributed by atoms with E-state index in [4.69, 9.17) is 5.11 Å². The van der Waals surface area contributed by atoms with Crippen LogP contribution in [0.25, 0.3) is 0 Å². The molecule has 0 fully saturated rings. The summed E-state index contributed by atoms with van der Waals surface area (Å²) in [6, 6.07) is 0. The van der Waals surface area contributed by atoms with Crippen LogP contribution in [0.5, 0.6) is 0 Å². The third-order valence-corrected chi connectivity index (χ3v) is 2.13. The quantitative estimate of drug-likeness (QED) is 0.753. The van der Waals surface area contributed by atoms with E-state index in [9.17, 15) is 4.79 Å². The van der Waals surface area contributed by atoms with Crippen LogP contribution in [-0.2, 0) is 4.79 Å². The van der Waals surface area contributed by atoms with Crippen molar-refractivity contribution in [3.05, 3.63) is 11.4 Å². The molecule has 0 atom stereocenters. The largest absolute Gasteiger partial charge is 0.481 e. The van der Waals surface area contributed by atoms with Gasteiger partial charge in [0.1, 0.15) is 0 Å². The number of aryl methyl sites for hydroxylation is 2. The monoisotopic (exact) mass is 197 g/mol. The molecule has 5 nitrogen and oxygen atoms in total. The molecule has 0 aromatic carbocycles. The van der Waals surface area contributed by atoms with Gasteiger partial charge in [0.15, 0.2) is 0 Å². The Hall–Kier alpha value is -1.52. The zero-order valence-electron chi connectivity index (χ0n) is 8.66. The smallest absolute Gasteiger partial charge is 0.305 e. The second kappa shape index (κ2) is 4.13. The molecule has 0 amide bonds. The van der Waals surface area contributed by atoms with Gasteiger partial charge in [-0.15, -0.1) is 0 Å². The molecule has 78 valence electrons. The molecule has 2 N–H and O–H groups in total. The molecule has 1 rings (SSSR count). The number of nitrogens with one attached hydrogen (secondary N) is 1. The van der Waals surface area contributed by atoms with Gasteiger partial charge in [-0.05, 0) is 13.8 Å². The summed E-state index contributed by atoms with van der Waals surface area (Å²) in [6.07, 6.45) is 0.139. The number of aromatic nitrogens is 2. The maximum atomic E-state index is 10.4. The summed E-state index contributed by atoms with van der Waals surface area (Å²) in [7, 11) is 1.87. The van der Waals surface area contributed by atoms with Gasteiger partial charge in [0, 0.05) is 13.6 Å². The molecule has 0 bridgehead atoms. The average Bonchev–Trinajstić information content (AvgIpc) is 2.42. The number of carboxylic acid groups (broad SMARTS) is 1. The number of nitrogens with zero attached hydrogens (tertiary/aromatic N) is 2. The second-order valence-corrected chi connectivity index (χ2v) is 3.35. The molecule has 14 heavy (non-hydrogen) atoms.